The van der Waals surface area contributed by atoms with E-state index >= 15 is 0 Å². The molecule has 0 fully saturated rings. The molecule has 0 bridgehead atoms. The van der Waals surface area contributed by atoms with Crippen molar-refractivity contribution in [2.75, 3.05) is 13.7 Å². The lowest BCUT2D eigenvalue weighted by Gasteiger charge is -2.19. The summed E-state index contributed by atoms with van der Waals surface area (Å²) in [5.41, 5.74) is 2.21. The molecule has 2 rings (SSSR count). The van der Waals surface area contributed by atoms with Gasteiger partial charge < -0.3 is 10.1 Å². The van der Waals surface area contributed by atoms with Gasteiger partial charge in [-0.1, -0.05) is 6.92 Å². The zero-order valence-electron chi connectivity index (χ0n) is 12.5. The average molecular weight is 294 g/mol. The van der Waals surface area contributed by atoms with E-state index in [2.05, 4.69) is 34.6 Å². The molecule has 0 saturated carbocycles. The van der Waals surface area contributed by atoms with Crippen LogP contribution in [0.4, 0.5) is 0 Å². The molecule has 1 atom stereocenters. The highest BCUT2D eigenvalue weighted by molar-refractivity contribution is 7.09. The molecule has 20 heavy (non-hydrogen) atoms. The Morgan fingerprint density at radius 3 is 2.80 bits per heavy atom. The van der Waals surface area contributed by atoms with Crippen LogP contribution in [0.25, 0.3) is 0 Å². The number of nitrogens with zero attached hydrogens (tertiary/aromatic N) is 3. The van der Waals surface area contributed by atoms with Crippen molar-refractivity contribution in [2.45, 2.75) is 39.8 Å². The third kappa shape index (κ3) is 3.19. The Morgan fingerprint density at radius 2 is 2.25 bits per heavy atom. The smallest absolute Gasteiger partial charge is 0.161 e. The minimum Gasteiger partial charge on any atom is -0.493 e. The fourth-order valence-corrected chi connectivity index (χ4v) is 2.99. The van der Waals surface area contributed by atoms with Crippen LogP contribution in [0.2, 0.25) is 0 Å². The van der Waals surface area contributed by atoms with Gasteiger partial charge in [-0.3, -0.25) is 4.68 Å². The lowest BCUT2D eigenvalue weighted by molar-refractivity contribution is 0.391. The molecule has 0 amide bonds. The van der Waals surface area contributed by atoms with E-state index in [9.17, 15) is 0 Å². The number of aromatic nitrogens is 3. The maximum Gasteiger partial charge on any atom is 0.161 e. The second-order valence-corrected chi connectivity index (χ2v) is 5.65. The monoisotopic (exact) mass is 294 g/mol. The maximum absolute atomic E-state index is 5.46. The van der Waals surface area contributed by atoms with Gasteiger partial charge in [0.25, 0.3) is 0 Å². The highest BCUT2D eigenvalue weighted by atomic mass is 32.1. The lowest BCUT2D eigenvalue weighted by Crippen LogP contribution is -2.26. The van der Waals surface area contributed by atoms with Crippen molar-refractivity contribution in [2.24, 2.45) is 0 Å². The number of hydrogen-bond acceptors (Lipinski definition) is 5. The van der Waals surface area contributed by atoms with Crippen molar-refractivity contribution in [3.63, 3.8) is 0 Å². The number of thiazole rings is 1. The van der Waals surface area contributed by atoms with Crippen LogP contribution >= 0.6 is 11.3 Å². The Morgan fingerprint density at radius 1 is 1.45 bits per heavy atom. The van der Waals surface area contributed by atoms with Gasteiger partial charge in [-0.15, -0.1) is 11.3 Å². The van der Waals surface area contributed by atoms with Gasteiger partial charge >= 0.3 is 0 Å². The summed E-state index contributed by atoms with van der Waals surface area (Å²) in [4.78, 5) is 4.56. The number of rotatable bonds is 7. The van der Waals surface area contributed by atoms with E-state index < -0.39 is 0 Å². The third-order valence-electron chi connectivity index (χ3n) is 3.22. The molecule has 0 aromatic carbocycles. The molecule has 0 radical (unpaired) electrons. The number of hydrogen-bond donors (Lipinski definition) is 1. The molecule has 2 aromatic rings. The molecule has 0 spiro atoms. The van der Waals surface area contributed by atoms with Crippen molar-refractivity contribution < 1.29 is 4.74 Å². The summed E-state index contributed by atoms with van der Waals surface area (Å²) in [6, 6.07) is 0.166. The standard InChI is InChI=1S/C14H22N4OS/c1-5-15-12(7-11-9-20-10(3)17-11)14-13(19-4)8-16-18(14)6-2/h8-9,12,15H,5-7H2,1-4H3. The first kappa shape index (κ1) is 15.0. The van der Waals surface area contributed by atoms with Gasteiger partial charge in [0.1, 0.15) is 0 Å². The first-order chi connectivity index (χ1) is 9.69. The van der Waals surface area contributed by atoms with Crippen LogP contribution in [0, 0.1) is 6.92 Å². The first-order valence-electron chi connectivity index (χ1n) is 6.93. The van der Waals surface area contributed by atoms with E-state index in [4.69, 9.17) is 4.74 Å². The van der Waals surface area contributed by atoms with Gasteiger partial charge in [-0.2, -0.15) is 5.10 Å². The quantitative estimate of drug-likeness (QED) is 0.852. The van der Waals surface area contributed by atoms with Crippen molar-refractivity contribution in [3.05, 3.63) is 28.0 Å². The highest BCUT2D eigenvalue weighted by Gasteiger charge is 2.22. The van der Waals surface area contributed by atoms with Gasteiger partial charge in [0.15, 0.2) is 5.75 Å². The van der Waals surface area contributed by atoms with Gasteiger partial charge in [0.2, 0.25) is 0 Å². The summed E-state index contributed by atoms with van der Waals surface area (Å²) in [6.45, 7) is 7.96. The van der Waals surface area contributed by atoms with Crippen LogP contribution in [0.3, 0.4) is 0 Å². The Kier molecular flexibility index (Phi) is 5.14. The van der Waals surface area contributed by atoms with Gasteiger partial charge in [0, 0.05) is 18.3 Å². The van der Waals surface area contributed by atoms with Gasteiger partial charge in [0.05, 0.1) is 35.7 Å². The van der Waals surface area contributed by atoms with E-state index in [0.29, 0.717) is 0 Å². The molecule has 1 unspecified atom stereocenters. The largest absolute Gasteiger partial charge is 0.493 e. The fourth-order valence-electron chi connectivity index (χ4n) is 2.36. The zero-order chi connectivity index (χ0) is 14.5. The van der Waals surface area contributed by atoms with Gasteiger partial charge in [-0.25, -0.2) is 4.98 Å². The Hall–Kier alpha value is -1.40. The van der Waals surface area contributed by atoms with E-state index in [1.54, 1.807) is 24.6 Å². The Balaban J connectivity index is 2.29. The molecule has 0 saturated heterocycles. The average Bonchev–Trinajstić information content (AvgIpc) is 3.03. The van der Waals surface area contributed by atoms with Crippen molar-refractivity contribution in [1.29, 1.82) is 0 Å². The SMILES string of the molecule is CCNC(Cc1csc(C)n1)c1c(OC)cnn1CC. The Labute approximate surface area is 124 Å². The molecule has 0 aliphatic heterocycles. The number of nitrogens with one attached hydrogen (secondary N) is 1. The predicted octanol–water partition coefficient (Wildman–Crippen LogP) is 2.57. The van der Waals surface area contributed by atoms with E-state index in [1.807, 2.05) is 11.6 Å². The molecule has 5 nitrogen and oxygen atoms in total. The van der Waals surface area contributed by atoms with Gasteiger partial charge in [-0.05, 0) is 20.4 Å². The molecular weight excluding hydrogens is 272 g/mol. The number of ether oxygens (including phenoxy) is 1. The molecule has 110 valence electrons. The second-order valence-electron chi connectivity index (χ2n) is 4.59. The van der Waals surface area contributed by atoms with Crippen molar-refractivity contribution in [1.82, 2.24) is 20.1 Å². The van der Waals surface area contributed by atoms with Crippen LogP contribution in [0.1, 0.15) is 36.3 Å². The normalized spacial score (nSPS) is 12.6. The van der Waals surface area contributed by atoms with E-state index in [-0.39, 0.29) is 6.04 Å². The van der Waals surface area contributed by atoms with Crippen LogP contribution in [0.15, 0.2) is 11.6 Å². The molecule has 0 aliphatic carbocycles. The second kappa shape index (κ2) is 6.85. The minimum absolute atomic E-state index is 0.166. The summed E-state index contributed by atoms with van der Waals surface area (Å²) in [5.74, 6) is 0.838. The lowest BCUT2D eigenvalue weighted by atomic mass is 10.1. The maximum atomic E-state index is 5.46. The molecule has 2 aromatic heterocycles. The molecule has 1 N–H and O–H groups in total. The van der Waals surface area contributed by atoms with E-state index in [0.717, 1.165) is 41.7 Å². The zero-order valence-corrected chi connectivity index (χ0v) is 13.3. The fraction of sp³-hybridized carbons (Fsp3) is 0.571. The van der Waals surface area contributed by atoms with Crippen molar-refractivity contribution in [3.8, 4) is 5.75 Å². The summed E-state index contributed by atoms with van der Waals surface area (Å²) in [7, 11) is 1.69. The highest BCUT2D eigenvalue weighted by Crippen LogP contribution is 2.28. The van der Waals surface area contributed by atoms with E-state index in [1.165, 1.54) is 0 Å². The predicted molar refractivity (Wildman–Crippen MR) is 81.4 cm³/mol. The summed E-state index contributed by atoms with van der Waals surface area (Å²) >= 11 is 1.69. The molecular formula is C14H22N4OS. The molecule has 6 heteroatoms. The minimum atomic E-state index is 0.166. The Bertz CT molecular complexity index is 528. The summed E-state index contributed by atoms with van der Waals surface area (Å²) in [5, 5.41) is 11.1. The molecule has 2 heterocycles. The van der Waals surface area contributed by atoms with Crippen LogP contribution < -0.4 is 10.1 Å². The van der Waals surface area contributed by atoms with Crippen LogP contribution in [0.5, 0.6) is 5.75 Å². The van der Waals surface area contributed by atoms with Crippen LogP contribution in [-0.4, -0.2) is 28.4 Å². The van der Waals surface area contributed by atoms with Crippen LogP contribution in [-0.2, 0) is 13.0 Å². The number of likely N-dealkylation sites (N-methyl/N-ethyl adjacent to an activating group) is 1. The number of methoxy groups -OCH3 is 1. The summed E-state index contributed by atoms with van der Waals surface area (Å²) in [6.07, 6.45) is 2.63. The third-order valence-corrected chi connectivity index (χ3v) is 4.05. The molecule has 0 aliphatic rings. The first-order valence-corrected chi connectivity index (χ1v) is 7.81. The summed E-state index contributed by atoms with van der Waals surface area (Å²) < 4.78 is 7.45. The van der Waals surface area contributed by atoms with Crippen molar-refractivity contribution >= 4 is 11.3 Å². The topological polar surface area (TPSA) is 52.0 Å². The number of aryl methyl sites for hydroxylation is 2.